The predicted molar refractivity (Wildman–Crippen MR) is 71.5 cm³/mol. The van der Waals surface area contributed by atoms with Gasteiger partial charge in [0.25, 0.3) is 0 Å². The lowest BCUT2D eigenvalue weighted by Gasteiger charge is -2.07. The number of anilines is 1. The van der Waals surface area contributed by atoms with E-state index in [0.29, 0.717) is 18.9 Å². The number of hydrogen-bond donors (Lipinski definition) is 1. The smallest absolute Gasteiger partial charge is 0.324 e. The van der Waals surface area contributed by atoms with Gasteiger partial charge in [-0.15, -0.1) is 4.98 Å². The average Bonchev–Trinajstić information content (AvgIpc) is 2.47. The van der Waals surface area contributed by atoms with Crippen molar-refractivity contribution in [2.45, 2.75) is 6.42 Å². The average molecular weight is 278 g/mol. The molecule has 0 saturated carbocycles. The molecule has 1 N–H and O–H groups in total. The summed E-state index contributed by atoms with van der Waals surface area (Å²) in [5.41, 5.74) is 0.894. The second-order valence-electron chi connectivity index (χ2n) is 3.94. The Hall–Kier alpha value is -2.44. The molecule has 0 fully saturated rings. The fourth-order valence-electron chi connectivity index (χ4n) is 1.61. The van der Waals surface area contributed by atoms with Crippen LogP contribution in [0.25, 0.3) is 0 Å². The highest BCUT2D eigenvalue weighted by Crippen LogP contribution is 2.12. The molecule has 1 heterocycles. The minimum absolute atomic E-state index is 0.171. The first-order valence-corrected chi connectivity index (χ1v) is 6.03. The normalized spacial score (nSPS) is 10.2. The van der Waals surface area contributed by atoms with E-state index >= 15 is 0 Å². The summed E-state index contributed by atoms with van der Waals surface area (Å²) in [5.74, 6) is 0.108. The van der Waals surface area contributed by atoms with Gasteiger partial charge in [0.05, 0.1) is 14.2 Å². The van der Waals surface area contributed by atoms with E-state index in [-0.39, 0.29) is 17.8 Å². The monoisotopic (exact) mass is 278 g/mol. The number of hydrogen-bond acceptors (Lipinski definition) is 6. The molecule has 106 valence electrons. The highest BCUT2D eigenvalue weighted by Gasteiger charge is 2.06. The fraction of sp³-hybridized carbons (Fsp3) is 0.308. The van der Waals surface area contributed by atoms with Gasteiger partial charge in [-0.3, -0.25) is 0 Å². The number of ether oxygens (including phenoxy) is 2. The molecule has 1 aromatic heterocycles. The second-order valence-corrected chi connectivity index (χ2v) is 3.94. The zero-order valence-electron chi connectivity index (χ0n) is 11.3. The third-order valence-electron chi connectivity index (χ3n) is 2.55. The van der Waals surface area contributed by atoms with E-state index in [4.69, 9.17) is 9.47 Å². The van der Waals surface area contributed by atoms with Crippen LogP contribution in [-0.2, 0) is 6.42 Å². The number of aromatic nitrogens is 3. The van der Waals surface area contributed by atoms with Crippen LogP contribution in [0.2, 0.25) is 0 Å². The van der Waals surface area contributed by atoms with Gasteiger partial charge in [-0.1, -0.05) is 12.1 Å². The minimum Gasteiger partial charge on any atom is -0.467 e. The number of rotatable bonds is 6. The van der Waals surface area contributed by atoms with E-state index in [1.807, 2.05) is 6.07 Å². The Morgan fingerprint density at radius 2 is 1.80 bits per heavy atom. The molecule has 6 nitrogen and oxygen atoms in total. The Labute approximate surface area is 116 Å². The van der Waals surface area contributed by atoms with Crippen molar-refractivity contribution in [2.24, 2.45) is 0 Å². The highest BCUT2D eigenvalue weighted by molar-refractivity contribution is 5.28. The van der Waals surface area contributed by atoms with Crippen molar-refractivity contribution in [3.63, 3.8) is 0 Å². The molecule has 7 heteroatoms. The van der Waals surface area contributed by atoms with Crippen molar-refractivity contribution >= 4 is 5.95 Å². The third-order valence-corrected chi connectivity index (χ3v) is 2.55. The van der Waals surface area contributed by atoms with E-state index in [1.165, 1.54) is 26.4 Å². The topological polar surface area (TPSA) is 69.2 Å². The summed E-state index contributed by atoms with van der Waals surface area (Å²) in [6.45, 7) is 0.555. The molecule has 1 aromatic carbocycles. The molecular weight excluding hydrogens is 263 g/mol. The van der Waals surface area contributed by atoms with Crippen LogP contribution in [-0.4, -0.2) is 35.7 Å². The van der Waals surface area contributed by atoms with Gasteiger partial charge >= 0.3 is 12.0 Å². The lowest BCUT2D eigenvalue weighted by Crippen LogP contribution is -2.10. The predicted octanol–water partition coefficient (Wildman–Crippen LogP) is 1.68. The van der Waals surface area contributed by atoms with E-state index in [0.717, 1.165) is 5.56 Å². The van der Waals surface area contributed by atoms with Gasteiger partial charge in [0, 0.05) is 6.54 Å². The van der Waals surface area contributed by atoms with Crippen LogP contribution in [0.3, 0.4) is 0 Å². The van der Waals surface area contributed by atoms with E-state index in [9.17, 15) is 4.39 Å². The number of methoxy groups -OCH3 is 2. The molecule has 0 aliphatic heterocycles. The third kappa shape index (κ3) is 3.78. The van der Waals surface area contributed by atoms with Crippen LogP contribution in [0.1, 0.15) is 5.56 Å². The SMILES string of the molecule is COc1nc(NCCc2cccc(F)c2)nc(OC)n1. The molecule has 0 amide bonds. The summed E-state index contributed by atoms with van der Waals surface area (Å²) < 4.78 is 22.9. The Balaban J connectivity index is 1.96. The highest BCUT2D eigenvalue weighted by atomic mass is 19.1. The van der Waals surface area contributed by atoms with Crippen LogP contribution < -0.4 is 14.8 Å². The maximum atomic E-state index is 13.0. The molecule has 2 rings (SSSR count). The van der Waals surface area contributed by atoms with Gasteiger partial charge in [0.2, 0.25) is 5.95 Å². The van der Waals surface area contributed by atoms with Crippen LogP contribution in [0.5, 0.6) is 12.0 Å². The first kappa shape index (κ1) is 14.0. The number of nitrogens with one attached hydrogen (secondary N) is 1. The van der Waals surface area contributed by atoms with Gasteiger partial charge < -0.3 is 14.8 Å². The van der Waals surface area contributed by atoms with Crippen molar-refractivity contribution in [1.82, 2.24) is 15.0 Å². The standard InChI is InChI=1S/C13H15FN4O2/c1-19-12-16-11(17-13(18-12)20-2)15-7-6-9-4-3-5-10(14)8-9/h3-5,8H,6-7H2,1-2H3,(H,15,16,17,18). The molecule has 0 radical (unpaired) electrons. The van der Waals surface area contributed by atoms with Gasteiger partial charge in [-0.25, -0.2) is 4.39 Å². The summed E-state index contributed by atoms with van der Waals surface area (Å²) in [6.07, 6.45) is 0.647. The molecule has 0 saturated heterocycles. The van der Waals surface area contributed by atoms with Gasteiger partial charge in [0.15, 0.2) is 0 Å². The van der Waals surface area contributed by atoms with Crippen molar-refractivity contribution < 1.29 is 13.9 Å². The van der Waals surface area contributed by atoms with Gasteiger partial charge in [-0.2, -0.15) is 9.97 Å². The largest absolute Gasteiger partial charge is 0.467 e. The quantitative estimate of drug-likeness (QED) is 0.867. The number of halogens is 1. The van der Waals surface area contributed by atoms with Crippen molar-refractivity contribution in [2.75, 3.05) is 26.1 Å². The van der Waals surface area contributed by atoms with E-state index in [1.54, 1.807) is 6.07 Å². The van der Waals surface area contributed by atoms with Crippen molar-refractivity contribution in [3.8, 4) is 12.0 Å². The Morgan fingerprint density at radius 3 is 2.40 bits per heavy atom. The van der Waals surface area contributed by atoms with Crippen LogP contribution >= 0.6 is 0 Å². The molecule has 20 heavy (non-hydrogen) atoms. The summed E-state index contributed by atoms with van der Waals surface area (Å²) in [7, 11) is 2.93. The zero-order valence-corrected chi connectivity index (χ0v) is 11.3. The Morgan fingerprint density at radius 1 is 1.10 bits per heavy atom. The van der Waals surface area contributed by atoms with Gasteiger partial charge in [-0.05, 0) is 24.1 Å². The molecule has 0 aliphatic carbocycles. The second kappa shape index (κ2) is 6.65. The maximum absolute atomic E-state index is 13.0. The molecule has 2 aromatic rings. The fourth-order valence-corrected chi connectivity index (χ4v) is 1.61. The van der Waals surface area contributed by atoms with Crippen LogP contribution in [0, 0.1) is 5.82 Å². The summed E-state index contributed by atoms with van der Waals surface area (Å²) >= 11 is 0. The van der Waals surface area contributed by atoms with E-state index < -0.39 is 0 Å². The number of nitrogens with zero attached hydrogens (tertiary/aromatic N) is 3. The lowest BCUT2D eigenvalue weighted by molar-refractivity contribution is 0.341. The van der Waals surface area contributed by atoms with Crippen LogP contribution in [0.15, 0.2) is 24.3 Å². The van der Waals surface area contributed by atoms with E-state index in [2.05, 4.69) is 20.3 Å². The molecule has 0 unspecified atom stereocenters. The van der Waals surface area contributed by atoms with Crippen molar-refractivity contribution in [3.05, 3.63) is 35.6 Å². The molecular formula is C13H15FN4O2. The molecule has 0 atom stereocenters. The molecule has 0 aliphatic rings. The Kier molecular flexibility index (Phi) is 4.65. The first-order chi connectivity index (χ1) is 9.71. The summed E-state index contributed by atoms with van der Waals surface area (Å²) in [4.78, 5) is 12.0. The Bertz CT molecular complexity index is 558. The zero-order chi connectivity index (χ0) is 14.4. The van der Waals surface area contributed by atoms with Crippen molar-refractivity contribution in [1.29, 1.82) is 0 Å². The molecule has 0 spiro atoms. The number of benzene rings is 1. The molecule has 0 bridgehead atoms. The van der Waals surface area contributed by atoms with Crippen LogP contribution in [0.4, 0.5) is 10.3 Å². The van der Waals surface area contributed by atoms with Gasteiger partial charge in [0.1, 0.15) is 5.82 Å². The minimum atomic E-state index is -0.244. The maximum Gasteiger partial charge on any atom is 0.324 e. The first-order valence-electron chi connectivity index (χ1n) is 6.03. The summed E-state index contributed by atoms with van der Waals surface area (Å²) in [6, 6.07) is 6.80. The lowest BCUT2D eigenvalue weighted by atomic mass is 10.1. The summed E-state index contributed by atoms with van der Waals surface area (Å²) in [5, 5.41) is 3.02.